The van der Waals surface area contributed by atoms with Crippen molar-refractivity contribution in [3.63, 3.8) is 0 Å². The Kier molecular flexibility index (Phi) is 9.15. The molecule has 0 aliphatic carbocycles. The second-order valence-electron chi connectivity index (χ2n) is 15.4. The van der Waals surface area contributed by atoms with E-state index in [9.17, 15) is 14.4 Å². The molecule has 5 aliphatic heterocycles. The number of nitrogens with one attached hydrogen (secondary N) is 4. The molecule has 50 heavy (non-hydrogen) atoms. The van der Waals surface area contributed by atoms with Crippen molar-refractivity contribution in [1.82, 2.24) is 40.4 Å². The molecule has 5 aliphatic rings. The van der Waals surface area contributed by atoms with Crippen molar-refractivity contribution in [1.29, 1.82) is 0 Å². The number of aryl methyl sites for hydroxylation is 1. The van der Waals surface area contributed by atoms with Crippen LogP contribution in [-0.2, 0) is 17.8 Å². The number of aromatic nitrogens is 2. The van der Waals surface area contributed by atoms with Gasteiger partial charge >= 0.3 is 12.1 Å². The molecule has 8 rings (SSSR count). The van der Waals surface area contributed by atoms with E-state index in [0.717, 1.165) is 91.8 Å². The molecule has 4 fully saturated rings. The molecular weight excluding hydrogens is 630 g/mol. The van der Waals surface area contributed by atoms with Gasteiger partial charge < -0.3 is 35.6 Å². The van der Waals surface area contributed by atoms with Crippen molar-refractivity contribution >= 4 is 34.6 Å². The van der Waals surface area contributed by atoms with E-state index in [0.29, 0.717) is 44.9 Å². The van der Waals surface area contributed by atoms with E-state index in [4.69, 9.17) is 0 Å². The minimum absolute atomic E-state index is 0.0134. The van der Waals surface area contributed by atoms with E-state index in [-0.39, 0.29) is 29.4 Å². The second kappa shape index (κ2) is 13.9. The third-order valence-electron chi connectivity index (χ3n) is 12.3. The average molecular weight is 682 g/mol. The van der Waals surface area contributed by atoms with Crippen molar-refractivity contribution < 1.29 is 14.4 Å². The Bertz CT molecular complexity index is 1720. The Labute approximate surface area is 294 Å². The van der Waals surface area contributed by atoms with Gasteiger partial charge in [-0.3, -0.25) is 9.89 Å². The quantitative estimate of drug-likeness (QED) is 0.311. The fraction of sp³-hybridized carbons (Fsp3) is 0.579. The average Bonchev–Trinajstić information content (AvgIpc) is 3.79. The molecule has 0 unspecified atom stereocenters. The molecule has 0 bridgehead atoms. The molecule has 4 N–H and O–H groups in total. The van der Waals surface area contributed by atoms with Crippen LogP contribution in [0.4, 0.5) is 15.3 Å². The molecule has 1 aromatic heterocycles. The van der Waals surface area contributed by atoms with Gasteiger partial charge in [0.1, 0.15) is 6.04 Å². The lowest BCUT2D eigenvalue weighted by atomic mass is 9.77. The van der Waals surface area contributed by atoms with Crippen LogP contribution < -0.4 is 16.0 Å². The number of rotatable bonds is 6. The van der Waals surface area contributed by atoms with Crippen LogP contribution in [0.25, 0.3) is 10.9 Å². The standard InChI is InChI=1S/C38H51N9O3/c1-26-20-27(21-29-23-40-43-34(26)29)22-33(35(48)46-19-12-38(25-46)10-17-44(18-11-38)30-6-13-39-14-7-30)42-36(49)45-15-8-31(9-16-45)47-24-28-4-2-3-5-32(28)41-37(47)50/h2-5,20-21,23,30-31,33,39H,6-19,22,24-25H2,1H3,(H,40,43)(H,41,50)(H,42,49)/t33-/m0/s1. The number of carbonyl (C=O) groups excluding carboxylic acids is 3. The van der Waals surface area contributed by atoms with Crippen LogP contribution in [0.2, 0.25) is 0 Å². The molecule has 5 amide bonds. The number of urea groups is 2. The second-order valence-corrected chi connectivity index (χ2v) is 15.4. The number of carbonyl (C=O) groups is 3. The van der Waals surface area contributed by atoms with E-state index in [1.165, 1.54) is 12.8 Å². The third-order valence-corrected chi connectivity index (χ3v) is 12.3. The van der Waals surface area contributed by atoms with E-state index < -0.39 is 6.04 Å². The number of fused-ring (bicyclic) bond motifs is 2. The van der Waals surface area contributed by atoms with Crippen molar-refractivity contribution in [2.24, 2.45) is 5.41 Å². The van der Waals surface area contributed by atoms with Crippen LogP contribution in [-0.4, -0.2) is 118 Å². The Morgan fingerprint density at radius 2 is 1.72 bits per heavy atom. The zero-order valence-corrected chi connectivity index (χ0v) is 29.3. The highest BCUT2D eigenvalue weighted by molar-refractivity contribution is 5.92. The molecule has 4 saturated heterocycles. The van der Waals surface area contributed by atoms with Crippen LogP contribution in [0.15, 0.2) is 42.6 Å². The van der Waals surface area contributed by atoms with E-state index in [1.807, 2.05) is 52.1 Å². The largest absolute Gasteiger partial charge is 0.340 e. The van der Waals surface area contributed by atoms with Crippen LogP contribution >= 0.6 is 0 Å². The number of likely N-dealkylation sites (tertiary alicyclic amines) is 3. The van der Waals surface area contributed by atoms with Crippen molar-refractivity contribution in [3.8, 4) is 0 Å². The number of aromatic amines is 1. The fourth-order valence-electron chi connectivity index (χ4n) is 9.29. The molecule has 266 valence electrons. The summed E-state index contributed by atoms with van der Waals surface area (Å²) in [5.41, 5.74) is 5.22. The summed E-state index contributed by atoms with van der Waals surface area (Å²) in [7, 11) is 0. The number of amides is 5. The van der Waals surface area contributed by atoms with Gasteiger partial charge in [-0.25, -0.2) is 9.59 Å². The molecule has 1 atom stereocenters. The molecule has 6 heterocycles. The van der Waals surface area contributed by atoms with Gasteiger partial charge in [-0.2, -0.15) is 5.10 Å². The number of hydrogen-bond acceptors (Lipinski definition) is 6. The number of H-pyrrole nitrogens is 1. The van der Waals surface area contributed by atoms with Gasteiger partial charge in [0, 0.05) is 62.3 Å². The smallest absolute Gasteiger partial charge is 0.322 e. The topological polar surface area (TPSA) is 129 Å². The molecule has 12 heteroatoms. The lowest BCUT2D eigenvalue weighted by Gasteiger charge is -2.44. The minimum Gasteiger partial charge on any atom is -0.340 e. The first-order valence-electron chi connectivity index (χ1n) is 18.7. The van der Waals surface area contributed by atoms with Gasteiger partial charge in [-0.15, -0.1) is 0 Å². The van der Waals surface area contributed by atoms with Gasteiger partial charge in [0.2, 0.25) is 5.91 Å². The van der Waals surface area contributed by atoms with Crippen LogP contribution in [0, 0.1) is 12.3 Å². The number of nitrogens with zero attached hydrogens (tertiary/aromatic N) is 5. The molecule has 3 aromatic rings. The molecule has 0 radical (unpaired) electrons. The van der Waals surface area contributed by atoms with Crippen molar-refractivity contribution in [2.75, 3.05) is 57.7 Å². The first-order chi connectivity index (χ1) is 24.3. The van der Waals surface area contributed by atoms with Crippen LogP contribution in [0.1, 0.15) is 61.6 Å². The Morgan fingerprint density at radius 3 is 2.52 bits per heavy atom. The van der Waals surface area contributed by atoms with Crippen molar-refractivity contribution in [3.05, 3.63) is 59.3 Å². The third kappa shape index (κ3) is 6.67. The van der Waals surface area contributed by atoms with Crippen molar-refractivity contribution in [2.45, 2.75) is 83.0 Å². The zero-order valence-electron chi connectivity index (χ0n) is 29.3. The van der Waals surface area contributed by atoms with Gasteiger partial charge in [0.05, 0.1) is 11.7 Å². The lowest BCUT2D eigenvalue weighted by Crippen LogP contribution is -2.56. The first kappa shape index (κ1) is 33.0. The highest BCUT2D eigenvalue weighted by atomic mass is 16.2. The monoisotopic (exact) mass is 681 g/mol. The normalized spacial score (nSPS) is 22.5. The summed E-state index contributed by atoms with van der Waals surface area (Å²) in [6.07, 6.45) is 9.36. The Balaban J connectivity index is 0.928. The highest BCUT2D eigenvalue weighted by Crippen LogP contribution is 2.41. The number of anilines is 1. The fourth-order valence-corrected chi connectivity index (χ4v) is 9.29. The van der Waals surface area contributed by atoms with Gasteiger partial charge in [-0.1, -0.05) is 24.3 Å². The SMILES string of the molecule is Cc1cc(C[C@H](NC(=O)N2CCC(N3Cc4ccccc4NC3=O)CC2)C(=O)N2CCC3(CCN(C4CCNCC4)CC3)C2)cc2cn[nH]c12. The Morgan fingerprint density at radius 1 is 0.960 bits per heavy atom. The summed E-state index contributed by atoms with van der Waals surface area (Å²) < 4.78 is 0. The maximum absolute atomic E-state index is 14.4. The van der Waals surface area contributed by atoms with E-state index in [1.54, 1.807) is 0 Å². The summed E-state index contributed by atoms with van der Waals surface area (Å²) in [4.78, 5) is 49.7. The van der Waals surface area contributed by atoms with Crippen LogP contribution in [0.5, 0.6) is 0 Å². The lowest BCUT2D eigenvalue weighted by molar-refractivity contribution is -0.132. The predicted octanol–water partition coefficient (Wildman–Crippen LogP) is 4.07. The summed E-state index contributed by atoms with van der Waals surface area (Å²) in [5.74, 6) is 0.0134. The number of piperidine rings is 3. The first-order valence-corrected chi connectivity index (χ1v) is 18.7. The summed E-state index contributed by atoms with van der Waals surface area (Å²) in [5, 5.41) is 18.0. The highest BCUT2D eigenvalue weighted by Gasteiger charge is 2.44. The number of hydrogen-bond donors (Lipinski definition) is 4. The molecule has 12 nitrogen and oxygen atoms in total. The molecule has 0 saturated carbocycles. The summed E-state index contributed by atoms with van der Waals surface area (Å²) in [6.45, 7) is 9.63. The van der Waals surface area contributed by atoms with Gasteiger partial charge in [-0.05, 0) is 112 Å². The van der Waals surface area contributed by atoms with Gasteiger partial charge in [0.25, 0.3) is 0 Å². The van der Waals surface area contributed by atoms with Gasteiger partial charge in [0.15, 0.2) is 0 Å². The number of benzene rings is 2. The maximum atomic E-state index is 14.4. The number of para-hydroxylation sites is 1. The predicted molar refractivity (Wildman–Crippen MR) is 193 cm³/mol. The van der Waals surface area contributed by atoms with E-state index in [2.05, 4.69) is 43.2 Å². The zero-order chi connectivity index (χ0) is 34.2. The molecular formula is C38H51N9O3. The van der Waals surface area contributed by atoms with Crippen LogP contribution in [0.3, 0.4) is 0 Å². The summed E-state index contributed by atoms with van der Waals surface area (Å²) in [6, 6.07) is 11.9. The molecule has 1 spiro atoms. The Hall–Kier alpha value is -4.16. The maximum Gasteiger partial charge on any atom is 0.322 e. The molecule has 2 aromatic carbocycles. The summed E-state index contributed by atoms with van der Waals surface area (Å²) >= 11 is 0. The minimum atomic E-state index is -0.668. The van der Waals surface area contributed by atoms with E-state index >= 15 is 0 Å².